The third-order valence-electron chi connectivity index (χ3n) is 1.74. The predicted molar refractivity (Wildman–Crippen MR) is 53.9 cm³/mol. The second-order valence-corrected chi connectivity index (χ2v) is 2.72. The summed E-state index contributed by atoms with van der Waals surface area (Å²) < 4.78 is 36.0. The molecule has 0 fully saturated rings. The van der Waals surface area contributed by atoms with Crippen LogP contribution in [0, 0.1) is 0 Å². The van der Waals surface area contributed by atoms with Gasteiger partial charge in [0.2, 0.25) is 0 Å². The van der Waals surface area contributed by atoms with Crippen molar-refractivity contribution < 1.29 is 11.6 Å². The Labute approximate surface area is 86.0 Å². The van der Waals surface area contributed by atoms with Gasteiger partial charge in [0.05, 0.1) is 6.04 Å². The number of ketones is 1. The van der Waals surface area contributed by atoms with E-state index in [9.17, 15) is 4.79 Å². The monoisotopic (exact) mass is 182 g/mol. The molecular formula is C11H15NO. The van der Waals surface area contributed by atoms with Crippen LogP contribution in [0.1, 0.15) is 31.0 Å². The second-order valence-electron chi connectivity index (χ2n) is 2.72. The molecule has 2 heteroatoms. The van der Waals surface area contributed by atoms with Crippen LogP contribution in [0.15, 0.2) is 30.3 Å². The Kier molecular flexibility index (Phi) is 1.80. The van der Waals surface area contributed by atoms with E-state index in [2.05, 4.69) is 5.32 Å². The van der Waals surface area contributed by atoms with Crippen LogP contribution >= 0.6 is 0 Å². The number of rotatable bonds is 4. The Morgan fingerprint density at radius 3 is 2.92 bits per heavy atom. The van der Waals surface area contributed by atoms with Gasteiger partial charge in [-0.05, 0) is 13.4 Å². The molecule has 0 heterocycles. The molecule has 0 saturated carbocycles. The number of hydrogen-bond donors (Lipinski definition) is 1. The predicted octanol–water partition coefficient (Wildman–Crippen LogP) is 1.87. The van der Waals surface area contributed by atoms with Crippen LogP contribution in [0.2, 0.25) is 0 Å². The zero-order valence-corrected chi connectivity index (χ0v) is 7.37. The van der Waals surface area contributed by atoms with Gasteiger partial charge < -0.3 is 5.32 Å². The Hall–Kier alpha value is -1.15. The van der Waals surface area contributed by atoms with Crippen LogP contribution in [-0.4, -0.2) is 18.3 Å². The van der Waals surface area contributed by atoms with Crippen LogP contribution in [0.25, 0.3) is 0 Å². The van der Waals surface area contributed by atoms with E-state index >= 15 is 0 Å². The maximum atomic E-state index is 11.9. The Balaban J connectivity index is 2.78. The van der Waals surface area contributed by atoms with Gasteiger partial charge in [-0.25, -0.2) is 0 Å². The molecule has 0 radical (unpaired) electrons. The van der Waals surface area contributed by atoms with E-state index in [1.54, 1.807) is 30.3 Å². The van der Waals surface area contributed by atoms with Gasteiger partial charge >= 0.3 is 0 Å². The molecule has 0 aliphatic carbocycles. The van der Waals surface area contributed by atoms with Crippen molar-refractivity contribution in [2.45, 2.75) is 19.8 Å². The fourth-order valence-electron chi connectivity index (χ4n) is 1.03. The smallest absolute Gasteiger partial charge is 0.179 e. The minimum absolute atomic E-state index is 0.344. The van der Waals surface area contributed by atoms with Crippen LogP contribution in [0.4, 0.5) is 0 Å². The first kappa shape index (κ1) is 4.91. The average Bonchev–Trinajstić information content (AvgIpc) is 2.27. The lowest BCUT2D eigenvalue weighted by molar-refractivity contribution is 0.0952. The Bertz CT molecular complexity index is 415. The van der Waals surface area contributed by atoms with Crippen molar-refractivity contribution in [2.75, 3.05) is 6.50 Å². The summed E-state index contributed by atoms with van der Waals surface area (Å²) in [6.07, 6.45) is 0. The number of carbonyl (C=O) groups excluding carboxylic acids is 1. The molecule has 1 aromatic rings. The van der Waals surface area contributed by atoms with Crippen molar-refractivity contribution in [1.82, 2.24) is 5.32 Å². The van der Waals surface area contributed by atoms with Gasteiger partial charge in [-0.3, -0.25) is 4.79 Å². The van der Waals surface area contributed by atoms with E-state index in [4.69, 9.17) is 6.85 Å². The maximum absolute atomic E-state index is 11.9. The van der Waals surface area contributed by atoms with Gasteiger partial charge in [-0.2, -0.15) is 0 Å². The van der Waals surface area contributed by atoms with Crippen LogP contribution < -0.4 is 5.32 Å². The van der Waals surface area contributed by atoms with Gasteiger partial charge in [-0.15, -0.1) is 0 Å². The van der Waals surface area contributed by atoms with Crippen LogP contribution in [0.3, 0.4) is 0 Å². The highest BCUT2D eigenvalue weighted by Gasteiger charge is 2.12. The number of Topliss-reactive ketones (excluding diaryl/α,β-unsaturated/α-hetero) is 1. The van der Waals surface area contributed by atoms with Crippen molar-refractivity contribution in [1.29, 1.82) is 0 Å². The van der Waals surface area contributed by atoms with E-state index in [0.29, 0.717) is 5.56 Å². The van der Waals surface area contributed by atoms with Gasteiger partial charge in [0.1, 0.15) is 0 Å². The minimum Gasteiger partial charge on any atom is -0.308 e. The summed E-state index contributed by atoms with van der Waals surface area (Å²) >= 11 is 0. The molecule has 70 valence electrons. The van der Waals surface area contributed by atoms with Crippen molar-refractivity contribution in [3.8, 4) is 0 Å². The summed E-state index contributed by atoms with van der Waals surface area (Å²) in [6.45, 7) is -3.98. The first-order valence-electron chi connectivity index (χ1n) is 6.52. The number of benzene rings is 1. The van der Waals surface area contributed by atoms with Gasteiger partial charge in [0, 0.05) is 12.4 Å². The zero-order valence-electron chi connectivity index (χ0n) is 12.4. The molecule has 0 bridgehead atoms. The standard InChI is InChI=1S/C11H15NO/c1-3-12-9(2)11(13)10-7-5-4-6-8-10/h4-9,12H,3H2,1-2H3/i1D3,3D2. The summed E-state index contributed by atoms with van der Waals surface area (Å²) in [5.41, 5.74) is 0.416. The van der Waals surface area contributed by atoms with E-state index < -0.39 is 19.4 Å². The lowest BCUT2D eigenvalue weighted by Crippen LogP contribution is -2.33. The third kappa shape index (κ3) is 2.67. The van der Waals surface area contributed by atoms with Gasteiger partial charge in [-0.1, -0.05) is 37.2 Å². The second kappa shape index (κ2) is 4.77. The van der Waals surface area contributed by atoms with Crippen LogP contribution in [0.5, 0.6) is 0 Å². The average molecular weight is 182 g/mol. The fraction of sp³-hybridized carbons (Fsp3) is 0.364. The third-order valence-corrected chi connectivity index (χ3v) is 1.74. The highest BCUT2D eigenvalue weighted by molar-refractivity contribution is 5.99. The molecule has 1 atom stereocenters. The molecule has 13 heavy (non-hydrogen) atoms. The number of hydrogen-bond acceptors (Lipinski definition) is 2. The van der Waals surface area contributed by atoms with Crippen molar-refractivity contribution >= 4 is 5.78 Å². The summed E-state index contributed by atoms with van der Waals surface area (Å²) in [4.78, 5) is 11.9. The van der Waals surface area contributed by atoms with Crippen LogP contribution in [-0.2, 0) is 0 Å². The topological polar surface area (TPSA) is 29.1 Å². The van der Waals surface area contributed by atoms with E-state index in [1.165, 1.54) is 6.92 Å². The minimum atomic E-state index is -2.82. The molecule has 0 aromatic heterocycles. The zero-order chi connectivity index (χ0) is 14.0. The summed E-state index contributed by atoms with van der Waals surface area (Å²) in [5, 5.41) is 2.22. The SMILES string of the molecule is [2H]C([2H])([2H])C([2H])([2H])NC(C)C(=O)c1ccccc1. The molecule has 2 nitrogen and oxygen atoms in total. The normalized spacial score (nSPS) is 20.2. The number of carbonyl (C=O) groups is 1. The molecule has 0 amide bonds. The first-order chi connectivity index (χ1) is 8.15. The number of likely N-dealkylation sites (N-methyl/N-ethyl adjacent to an activating group) is 1. The number of nitrogens with one attached hydrogen (secondary N) is 1. The molecular weight excluding hydrogens is 162 g/mol. The largest absolute Gasteiger partial charge is 0.308 e. The molecule has 0 spiro atoms. The van der Waals surface area contributed by atoms with E-state index in [0.717, 1.165) is 0 Å². The molecule has 1 N–H and O–H groups in total. The highest BCUT2D eigenvalue weighted by atomic mass is 16.1. The molecule has 0 saturated heterocycles. The Morgan fingerprint density at radius 1 is 1.62 bits per heavy atom. The molecule has 1 rings (SSSR count). The van der Waals surface area contributed by atoms with E-state index in [-0.39, 0.29) is 5.78 Å². The maximum Gasteiger partial charge on any atom is 0.179 e. The summed E-state index contributed by atoms with van der Waals surface area (Å²) in [6, 6.07) is 7.44. The highest BCUT2D eigenvalue weighted by Crippen LogP contribution is 2.02. The first-order valence-corrected chi connectivity index (χ1v) is 4.02. The van der Waals surface area contributed by atoms with Gasteiger partial charge in [0.25, 0.3) is 0 Å². The molecule has 0 aliphatic heterocycles. The summed E-state index contributed by atoms with van der Waals surface area (Å²) in [7, 11) is 0. The van der Waals surface area contributed by atoms with Crippen molar-refractivity contribution in [3.05, 3.63) is 35.9 Å². The molecule has 1 unspecified atom stereocenters. The van der Waals surface area contributed by atoms with E-state index in [1.807, 2.05) is 0 Å². The fourth-order valence-corrected chi connectivity index (χ4v) is 1.03. The lowest BCUT2D eigenvalue weighted by atomic mass is 10.1. The van der Waals surface area contributed by atoms with Crippen molar-refractivity contribution in [2.24, 2.45) is 0 Å². The molecule has 0 aliphatic rings. The summed E-state index contributed by atoms with van der Waals surface area (Å²) in [5.74, 6) is -0.344. The lowest BCUT2D eigenvalue weighted by Gasteiger charge is -2.10. The molecule has 1 aromatic carbocycles. The van der Waals surface area contributed by atoms with Crippen molar-refractivity contribution in [3.63, 3.8) is 0 Å². The Morgan fingerprint density at radius 2 is 2.31 bits per heavy atom. The quantitative estimate of drug-likeness (QED) is 0.720. The van der Waals surface area contributed by atoms with Gasteiger partial charge in [0.15, 0.2) is 5.78 Å².